The van der Waals surface area contributed by atoms with E-state index in [0.717, 1.165) is 17.1 Å². The van der Waals surface area contributed by atoms with Crippen LogP contribution in [0.4, 0.5) is 0 Å². The van der Waals surface area contributed by atoms with E-state index in [1.165, 1.54) is 16.5 Å². The number of halogens is 1. The molecule has 0 N–H and O–H groups in total. The van der Waals surface area contributed by atoms with Crippen molar-refractivity contribution in [3.8, 4) is 11.5 Å². The quantitative estimate of drug-likeness (QED) is 0.450. The van der Waals surface area contributed by atoms with Crippen molar-refractivity contribution < 1.29 is 38.0 Å². The molecule has 0 spiro atoms. The van der Waals surface area contributed by atoms with E-state index in [2.05, 4.69) is 60.3 Å². The van der Waals surface area contributed by atoms with Crippen LogP contribution in [-0.4, -0.2) is 14.2 Å². The van der Waals surface area contributed by atoms with Crippen LogP contribution in [0.3, 0.4) is 0 Å². The van der Waals surface area contributed by atoms with Gasteiger partial charge in [0.25, 0.3) is 0 Å². The molecule has 3 rings (SSSR count). The first-order chi connectivity index (χ1) is 11.2. The maximum absolute atomic E-state index is 5.35. The molecule has 0 bridgehead atoms. The average Bonchev–Trinajstić information content (AvgIpc) is 2.61. The molecule has 0 atom stereocenters. The molecular formula is C20H20INO2. The largest absolute Gasteiger partial charge is 1.00 e. The third-order valence-electron chi connectivity index (χ3n) is 3.94. The number of fused-ring (bicyclic) bond motifs is 1. The Labute approximate surface area is 159 Å². The molecule has 0 aliphatic rings. The normalized spacial score (nSPS) is 10.6. The molecule has 0 radical (unpaired) electrons. The van der Waals surface area contributed by atoms with Gasteiger partial charge in [0.15, 0.2) is 17.7 Å². The summed E-state index contributed by atoms with van der Waals surface area (Å²) >= 11 is 0. The van der Waals surface area contributed by atoms with Crippen molar-refractivity contribution in [1.29, 1.82) is 0 Å². The van der Waals surface area contributed by atoms with Gasteiger partial charge in [-0.25, -0.2) is 4.57 Å². The second-order valence-corrected chi connectivity index (χ2v) is 5.35. The van der Waals surface area contributed by atoms with Crippen molar-refractivity contribution in [3.05, 3.63) is 65.9 Å². The van der Waals surface area contributed by atoms with Crippen LogP contribution < -0.4 is 38.0 Å². The Balaban J connectivity index is 0.00000208. The lowest BCUT2D eigenvalue weighted by atomic mass is 10.1. The van der Waals surface area contributed by atoms with E-state index in [0.29, 0.717) is 0 Å². The fraction of sp³-hybridized carbons (Fsp3) is 0.150. The van der Waals surface area contributed by atoms with Gasteiger partial charge in [0.05, 0.1) is 19.6 Å². The van der Waals surface area contributed by atoms with Gasteiger partial charge in [-0.05, 0) is 29.3 Å². The molecule has 1 heterocycles. The summed E-state index contributed by atoms with van der Waals surface area (Å²) in [6, 6.07) is 16.4. The molecule has 4 heteroatoms. The van der Waals surface area contributed by atoms with E-state index in [9.17, 15) is 0 Å². The minimum atomic E-state index is 0. The summed E-state index contributed by atoms with van der Waals surface area (Å²) in [5, 5.41) is 1.23. The molecule has 0 unspecified atom stereocenters. The number of ether oxygens (including phenoxy) is 2. The molecule has 0 aliphatic carbocycles. The van der Waals surface area contributed by atoms with Gasteiger partial charge >= 0.3 is 0 Å². The highest BCUT2D eigenvalue weighted by atomic mass is 127. The molecule has 3 nitrogen and oxygen atoms in total. The number of pyridine rings is 1. The van der Waals surface area contributed by atoms with Crippen LogP contribution in [0.15, 0.2) is 54.7 Å². The number of nitrogens with zero attached hydrogens (tertiary/aromatic N) is 1. The first-order valence-electron chi connectivity index (χ1n) is 7.50. The number of hydrogen-bond acceptors (Lipinski definition) is 2. The molecule has 0 amide bonds. The number of aromatic nitrogens is 1. The number of hydrogen-bond donors (Lipinski definition) is 0. The van der Waals surface area contributed by atoms with Crippen molar-refractivity contribution in [1.82, 2.24) is 0 Å². The first kappa shape index (κ1) is 18.3. The average molecular weight is 433 g/mol. The first-order valence-corrected chi connectivity index (χ1v) is 7.50. The minimum Gasteiger partial charge on any atom is -1.00 e. The topological polar surface area (TPSA) is 22.3 Å². The molecule has 3 aromatic rings. The molecule has 2 aromatic carbocycles. The number of benzene rings is 2. The van der Waals surface area contributed by atoms with Gasteiger partial charge < -0.3 is 33.5 Å². The fourth-order valence-electron chi connectivity index (χ4n) is 2.68. The fourth-order valence-corrected chi connectivity index (χ4v) is 2.68. The third kappa shape index (κ3) is 3.70. The lowest BCUT2D eigenvalue weighted by molar-refractivity contribution is -0.644. The maximum atomic E-state index is 5.35. The number of rotatable bonds is 4. The number of aryl methyl sites for hydroxylation is 1. The number of methoxy groups -OCH3 is 2. The van der Waals surface area contributed by atoms with Crippen LogP contribution in [0.2, 0.25) is 0 Å². The summed E-state index contributed by atoms with van der Waals surface area (Å²) in [6.07, 6.45) is 6.30. The Hall–Kier alpha value is -2.08. The Morgan fingerprint density at radius 1 is 0.875 bits per heavy atom. The van der Waals surface area contributed by atoms with Crippen LogP contribution in [0, 0.1) is 0 Å². The summed E-state index contributed by atoms with van der Waals surface area (Å²) in [5.74, 6) is 1.47. The Bertz CT molecular complexity index is 875. The molecule has 0 saturated heterocycles. The van der Waals surface area contributed by atoms with Crippen molar-refractivity contribution >= 4 is 23.1 Å². The zero-order valence-electron chi connectivity index (χ0n) is 14.0. The van der Waals surface area contributed by atoms with Gasteiger partial charge in [-0.1, -0.05) is 30.4 Å². The maximum Gasteiger partial charge on any atom is 0.212 e. The molecule has 0 aliphatic heterocycles. The van der Waals surface area contributed by atoms with Gasteiger partial charge in [-0.15, -0.1) is 0 Å². The van der Waals surface area contributed by atoms with E-state index in [4.69, 9.17) is 9.47 Å². The summed E-state index contributed by atoms with van der Waals surface area (Å²) in [6.45, 7) is 0. The molecule has 0 saturated carbocycles. The lowest BCUT2D eigenvalue weighted by Gasteiger charge is -2.07. The molecule has 124 valence electrons. The summed E-state index contributed by atoms with van der Waals surface area (Å²) < 4.78 is 12.8. The van der Waals surface area contributed by atoms with Gasteiger partial charge in [0.1, 0.15) is 7.05 Å². The van der Waals surface area contributed by atoms with E-state index < -0.39 is 0 Å². The van der Waals surface area contributed by atoms with Crippen molar-refractivity contribution in [2.75, 3.05) is 14.2 Å². The van der Waals surface area contributed by atoms with Crippen molar-refractivity contribution in [3.63, 3.8) is 0 Å². The Morgan fingerprint density at radius 2 is 1.62 bits per heavy atom. The van der Waals surface area contributed by atoms with Gasteiger partial charge in [-0.3, -0.25) is 0 Å². The smallest absolute Gasteiger partial charge is 0.212 e. The van der Waals surface area contributed by atoms with Crippen LogP contribution in [-0.2, 0) is 7.05 Å². The van der Waals surface area contributed by atoms with Crippen LogP contribution in [0.5, 0.6) is 11.5 Å². The van der Waals surface area contributed by atoms with Crippen LogP contribution in [0.1, 0.15) is 11.1 Å². The van der Waals surface area contributed by atoms with E-state index in [1.54, 1.807) is 14.2 Å². The summed E-state index contributed by atoms with van der Waals surface area (Å²) in [5.41, 5.74) is 3.47. The molecular weight excluding hydrogens is 413 g/mol. The standard InChI is InChI=1S/C20H20NO2.HI/c1-21-13-12-16(17-6-4-5-7-18(17)21)10-8-15-9-11-19(22-2)20(14-15)23-3;/h4-14H,1-3H3;1H/q+1;/p-1/b10-8+;. The van der Waals surface area contributed by atoms with Gasteiger partial charge in [0, 0.05) is 12.1 Å². The highest BCUT2D eigenvalue weighted by Gasteiger charge is 2.07. The van der Waals surface area contributed by atoms with Crippen molar-refractivity contribution in [2.45, 2.75) is 0 Å². The Morgan fingerprint density at radius 3 is 2.38 bits per heavy atom. The Kier molecular flexibility index (Phi) is 6.20. The van der Waals surface area contributed by atoms with Crippen LogP contribution >= 0.6 is 0 Å². The highest BCUT2D eigenvalue weighted by molar-refractivity contribution is 5.88. The monoisotopic (exact) mass is 433 g/mol. The lowest BCUT2D eigenvalue weighted by Crippen LogP contribution is -3.00. The van der Waals surface area contributed by atoms with E-state index in [1.807, 2.05) is 18.2 Å². The van der Waals surface area contributed by atoms with Crippen molar-refractivity contribution in [2.24, 2.45) is 7.05 Å². The predicted octanol–water partition coefficient (Wildman–Crippen LogP) is 0.856. The number of para-hydroxylation sites is 1. The summed E-state index contributed by atoms with van der Waals surface area (Å²) in [4.78, 5) is 0. The molecule has 1 aromatic heterocycles. The van der Waals surface area contributed by atoms with Crippen LogP contribution in [0.25, 0.3) is 23.1 Å². The second kappa shape index (κ2) is 8.15. The SMILES string of the molecule is COc1ccc(/C=C/c2cc[n+](C)c3ccccc23)cc1OC.[I-]. The molecule has 0 fully saturated rings. The summed E-state index contributed by atoms with van der Waals surface area (Å²) in [7, 11) is 5.35. The zero-order chi connectivity index (χ0) is 16.2. The highest BCUT2D eigenvalue weighted by Crippen LogP contribution is 2.28. The predicted molar refractivity (Wildman–Crippen MR) is 93.6 cm³/mol. The van der Waals surface area contributed by atoms with Gasteiger partial charge in [-0.2, -0.15) is 0 Å². The van der Waals surface area contributed by atoms with E-state index >= 15 is 0 Å². The third-order valence-corrected chi connectivity index (χ3v) is 3.94. The molecule has 24 heavy (non-hydrogen) atoms. The van der Waals surface area contributed by atoms with Gasteiger partial charge in [0.2, 0.25) is 5.52 Å². The van der Waals surface area contributed by atoms with E-state index in [-0.39, 0.29) is 24.0 Å². The second-order valence-electron chi connectivity index (χ2n) is 5.35. The zero-order valence-corrected chi connectivity index (χ0v) is 16.2. The minimum absolute atomic E-state index is 0.